The van der Waals surface area contributed by atoms with Gasteiger partial charge in [-0.05, 0) is 0 Å². The van der Waals surface area contributed by atoms with Crippen LogP contribution in [0.3, 0.4) is 0 Å². The Labute approximate surface area is 87.2 Å². The van der Waals surface area contributed by atoms with E-state index in [1.54, 1.807) is 7.05 Å². The smallest absolute Gasteiger partial charge is 0.317 e. The number of hydrogen-bond donors (Lipinski definition) is 1. The molecule has 0 aliphatic rings. The minimum absolute atomic E-state index is 0.0169. The SMILES string of the molecule is CC(=O)SCCN(C)C(=O)NCC=O. The molecule has 0 aromatic heterocycles. The molecule has 0 aliphatic carbocycles. The van der Waals surface area contributed by atoms with E-state index in [1.807, 2.05) is 0 Å². The Kier molecular flexibility index (Phi) is 6.82. The first-order valence-electron chi connectivity index (χ1n) is 4.14. The van der Waals surface area contributed by atoms with Gasteiger partial charge in [0, 0.05) is 26.3 Å². The highest BCUT2D eigenvalue weighted by Gasteiger charge is 2.06. The average molecular weight is 218 g/mol. The lowest BCUT2D eigenvalue weighted by Crippen LogP contribution is -2.39. The molecule has 6 heteroatoms. The second-order valence-electron chi connectivity index (χ2n) is 2.61. The first-order chi connectivity index (χ1) is 6.57. The quantitative estimate of drug-likeness (QED) is 0.665. The molecule has 0 spiro atoms. The van der Waals surface area contributed by atoms with E-state index < -0.39 is 0 Å². The Hall–Kier alpha value is -1.04. The summed E-state index contributed by atoms with van der Waals surface area (Å²) >= 11 is 1.17. The van der Waals surface area contributed by atoms with Crippen LogP contribution in [0.4, 0.5) is 4.79 Å². The zero-order chi connectivity index (χ0) is 11.0. The number of amides is 2. The normalized spacial score (nSPS) is 9.29. The van der Waals surface area contributed by atoms with Gasteiger partial charge < -0.3 is 15.0 Å². The third-order valence-electron chi connectivity index (χ3n) is 1.42. The van der Waals surface area contributed by atoms with Crippen LogP contribution >= 0.6 is 11.8 Å². The van der Waals surface area contributed by atoms with Crippen LogP contribution in [0.15, 0.2) is 0 Å². The van der Waals surface area contributed by atoms with Crippen LogP contribution in [-0.4, -0.2) is 48.2 Å². The topological polar surface area (TPSA) is 66.5 Å². The van der Waals surface area contributed by atoms with Crippen LogP contribution in [0.25, 0.3) is 0 Å². The van der Waals surface area contributed by atoms with Crippen LogP contribution in [0.1, 0.15) is 6.92 Å². The Morgan fingerprint density at radius 1 is 1.50 bits per heavy atom. The van der Waals surface area contributed by atoms with E-state index in [2.05, 4.69) is 5.32 Å². The van der Waals surface area contributed by atoms with E-state index >= 15 is 0 Å². The number of rotatable bonds is 5. The standard InChI is InChI=1S/C8H14N2O3S/c1-7(12)14-6-4-10(2)8(13)9-3-5-11/h5H,3-4,6H2,1-2H3,(H,9,13). The number of carbonyl (C=O) groups excluding carboxylic acids is 3. The van der Waals surface area contributed by atoms with Crippen molar-refractivity contribution in [1.29, 1.82) is 0 Å². The molecule has 0 radical (unpaired) electrons. The fraction of sp³-hybridized carbons (Fsp3) is 0.625. The molecule has 0 saturated carbocycles. The van der Waals surface area contributed by atoms with E-state index in [1.165, 1.54) is 23.6 Å². The van der Waals surface area contributed by atoms with Gasteiger partial charge in [-0.3, -0.25) is 4.79 Å². The van der Waals surface area contributed by atoms with Gasteiger partial charge in [0.05, 0.1) is 6.54 Å². The van der Waals surface area contributed by atoms with Gasteiger partial charge in [-0.15, -0.1) is 0 Å². The molecular weight excluding hydrogens is 204 g/mol. The van der Waals surface area contributed by atoms with Crippen LogP contribution in [-0.2, 0) is 9.59 Å². The number of nitrogens with one attached hydrogen (secondary N) is 1. The minimum Gasteiger partial charge on any atom is -0.331 e. The summed E-state index contributed by atoms with van der Waals surface area (Å²) in [6, 6.07) is -0.304. The van der Waals surface area contributed by atoms with Gasteiger partial charge in [0.15, 0.2) is 5.12 Å². The molecule has 0 unspecified atom stereocenters. The van der Waals surface area contributed by atoms with Crippen molar-refractivity contribution in [3.8, 4) is 0 Å². The molecular formula is C8H14N2O3S. The lowest BCUT2D eigenvalue weighted by Gasteiger charge is -2.16. The predicted octanol–water partition coefficient (Wildman–Crippen LogP) is 0.106. The minimum atomic E-state index is -0.304. The zero-order valence-corrected chi connectivity index (χ0v) is 9.10. The first-order valence-corrected chi connectivity index (χ1v) is 5.12. The van der Waals surface area contributed by atoms with Gasteiger partial charge in [0.1, 0.15) is 6.29 Å². The maximum atomic E-state index is 11.1. The molecule has 0 bridgehead atoms. The highest BCUT2D eigenvalue weighted by atomic mass is 32.2. The van der Waals surface area contributed by atoms with E-state index in [9.17, 15) is 14.4 Å². The molecule has 0 fully saturated rings. The molecule has 0 heterocycles. The van der Waals surface area contributed by atoms with Gasteiger partial charge in [-0.2, -0.15) is 0 Å². The Bertz CT molecular complexity index is 221. The van der Waals surface area contributed by atoms with Gasteiger partial charge >= 0.3 is 6.03 Å². The monoisotopic (exact) mass is 218 g/mol. The third-order valence-corrected chi connectivity index (χ3v) is 2.21. The van der Waals surface area contributed by atoms with E-state index in [-0.39, 0.29) is 17.7 Å². The predicted molar refractivity (Wildman–Crippen MR) is 55.2 cm³/mol. The Morgan fingerprint density at radius 3 is 2.64 bits per heavy atom. The van der Waals surface area contributed by atoms with Crippen LogP contribution in [0, 0.1) is 0 Å². The van der Waals surface area contributed by atoms with Crippen molar-refractivity contribution in [3.05, 3.63) is 0 Å². The van der Waals surface area contributed by atoms with E-state index in [4.69, 9.17) is 0 Å². The lowest BCUT2D eigenvalue weighted by atomic mass is 10.6. The van der Waals surface area contributed by atoms with Gasteiger partial charge in [-0.1, -0.05) is 11.8 Å². The van der Waals surface area contributed by atoms with Crippen molar-refractivity contribution in [2.45, 2.75) is 6.92 Å². The molecule has 0 rings (SSSR count). The average Bonchev–Trinajstić information content (AvgIpc) is 2.13. The van der Waals surface area contributed by atoms with E-state index in [0.29, 0.717) is 18.6 Å². The van der Waals surface area contributed by atoms with Crippen LogP contribution in [0.2, 0.25) is 0 Å². The van der Waals surface area contributed by atoms with Crippen molar-refractivity contribution < 1.29 is 14.4 Å². The summed E-state index contributed by atoms with van der Waals surface area (Å²) in [4.78, 5) is 33.1. The molecule has 0 aromatic carbocycles. The molecule has 14 heavy (non-hydrogen) atoms. The van der Waals surface area contributed by atoms with Crippen LogP contribution in [0.5, 0.6) is 0 Å². The maximum Gasteiger partial charge on any atom is 0.317 e. The third kappa shape index (κ3) is 6.47. The molecule has 5 nitrogen and oxygen atoms in total. The Morgan fingerprint density at radius 2 is 2.14 bits per heavy atom. The highest BCUT2D eigenvalue weighted by molar-refractivity contribution is 8.13. The second-order valence-corrected chi connectivity index (χ2v) is 3.89. The first kappa shape index (κ1) is 13.0. The van der Waals surface area contributed by atoms with Gasteiger partial charge in [0.2, 0.25) is 0 Å². The van der Waals surface area contributed by atoms with Crippen molar-refractivity contribution in [2.24, 2.45) is 0 Å². The maximum absolute atomic E-state index is 11.1. The Balaban J connectivity index is 3.61. The molecule has 0 saturated heterocycles. The van der Waals surface area contributed by atoms with Gasteiger partial charge in [0.25, 0.3) is 0 Å². The summed E-state index contributed by atoms with van der Waals surface area (Å²) < 4.78 is 0. The van der Waals surface area contributed by atoms with E-state index in [0.717, 1.165) is 0 Å². The second kappa shape index (κ2) is 7.37. The number of aldehydes is 1. The molecule has 0 aromatic rings. The number of urea groups is 1. The zero-order valence-electron chi connectivity index (χ0n) is 8.28. The molecule has 2 amide bonds. The summed E-state index contributed by atoms with van der Waals surface area (Å²) in [7, 11) is 1.61. The summed E-state index contributed by atoms with van der Waals surface area (Å²) in [5, 5.41) is 2.43. The fourth-order valence-electron chi connectivity index (χ4n) is 0.692. The lowest BCUT2D eigenvalue weighted by molar-refractivity contribution is -0.109. The van der Waals surface area contributed by atoms with Crippen molar-refractivity contribution in [3.63, 3.8) is 0 Å². The number of hydrogen-bond acceptors (Lipinski definition) is 4. The van der Waals surface area contributed by atoms with Crippen molar-refractivity contribution in [1.82, 2.24) is 10.2 Å². The largest absolute Gasteiger partial charge is 0.331 e. The van der Waals surface area contributed by atoms with Crippen molar-refractivity contribution in [2.75, 3.05) is 25.9 Å². The highest BCUT2D eigenvalue weighted by Crippen LogP contribution is 2.00. The number of nitrogens with zero attached hydrogens (tertiary/aromatic N) is 1. The van der Waals surface area contributed by atoms with Gasteiger partial charge in [-0.25, -0.2) is 4.79 Å². The molecule has 0 aliphatic heterocycles. The fourth-order valence-corrected chi connectivity index (χ4v) is 1.34. The number of carbonyl (C=O) groups is 3. The molecule has 1 N–H and O–H groups in total. The number of thioether (sulfide) groups is 1. The summed E-state index contributed by atoms with van der Waals surface area (Å²) in [6.07, 6.45) is 0.621. The molecule has 0 atom stereocenters. The molecule has 80 valence electrons. The van der Waals surface area contributed by atoms with Crippen molar-refractivity contribution >= 4 is 29.2 Å². The summed E-state index contributed by atoms with van der Waals surface area (Å²) in [5.74, 6) is 0.570. The van der Waals surface area contributed by atoms with Crippen LogP contribution < -0.4 is 5.32 Å². The summed E-state index contributed by atoms with van der Waals surface area (Å²) in [5.41, 5.74) is 0. The summed E-state index contributed by atoms with van der Waals surface area (Å²) in [6.45, 7) is 1.98.